The van der Waals surface area contributed by atoms with E-state index < -0.39 is 5.91 Å². The number of nitrogens with zero attached hydrogens (tertiary/aromatic N) is 3. The van der Waals surface area contributed by atoms with E-state index in [9.17, 15) is 4.79 Å². The SMILES string of the molecule is COc1cccc(-c2nc3c(C(N)=O)[c]ccn3n2)c1. The second-order valence-corrected chi connectivity index (χ2v) is 4.13. The number of hydrogen-bond acceptors (Lipinski definition) is 4. The fraction of sp³-hybridized carbons (Fsp3) is 0.0714. The molecule has 1 radical (unpaired) electrons. The highest BCUT2D eigenvalue weighted by Gasteiger charge is 2.13. The average Bonchev–Trinajstić information content (AvgIpc) is 2.91. The Kier molecular flexibility index (Phi) is 2.83. The van der Waals surface area contributed by atoms with Crippen LogP contribution in [0.5, 0.6) is 5.75 Å². The Morgan fingerprint density at radius 1 is 1.45 bits per heavy atom. The predicted molar refractivity (Wildman–Crippen MR) is 72.3 cm³/mol. The van der Waals surface area contributed by atoms with Crippen molar-refractivity contribution in [1.82, 2.24) is 14.6 Å². The van der Waals surface area contributed by atoms with E-state index in [0.29, 0.717) is 17.2 Å². The molecule has 0 bridgehead atoms. The van der Waals surface area contributed by atoms with Crippen LogP contribution in [0.1, 0.15) is 10.4 Å². The molecule has 0 saturated carbocycles. The summed E-state index contributed by atoms with van der Waals surface area (Å²) < 4.78 is 6.68. The molecular formula is C14H11N4O2. The van der Waals surface area contributed by atoms with E-state index in [4.69, 9.17) is 10.5 Å². The van der Waals surface area contributed by atoms with Crippen molar-refractivity contribution in [1.29, 1.82) is 0 Å². The van der Waals surface area contributed by atoms with Crippen LogP contribution in [0, 0.1) is 6.07 Å². The van der Waals surface area contributed by atoms with E-state index in [2.05, 4.69) is 16.1 Å². The van der Waals surface area contributed by atoms with Gasteiger partial charge in [-0.05, 0) is 18.2 Å². The van der Waals surface area contributed by atoms with E-state index in [-0.39, 0.29) is 5.56 Å². The van der Waals surface area contributed by atoms with Crippen LogP contribution in [-0.4, -0.2) is 27.6 Å². The van der Waals surface area contributed by atoms with E-state index in [1.807, 2.05) is 24.3 Å². The van der Waals surface area contributed by atoms with Crippen LogP contribution in [0.25, 0.3) is 17.0 Å². The zero-order valence-corrected chi connectivity index (χ0v) is 10.7. The number of primary amides is 1. The molecule has 2 aromatic heterocycles. The molecule has 20 heavy (non-hydrogen) atoms. The maximum absolute atomic E-state index is 11.4. The topological polar surface area (TPSA) is 82.5 Å². The van der Waals surface area contributed by atoms with Gasteiger partial charge >= 0.3 is 0 Å². The van der Waals surface area contributed by atoms with E-state index >= 15 is 0 Å². The first-order valence-electron chi connectivity index (χ1n) is 5.90. The molecule has 0 atom stereocenters. The Morgan fingerprint density at radius 3 is 3.05 bits per heavy atom. The van der Waals surface area contributed by atoms with Gasteiger partial charge in [0.1, 0.15) is 5.75 Å². The first-order chi connectivity index (χ1) is 9.69. The number of aromatic nitrogens is 3. The van der Waals surface area contributed by atoms with Crippen molar-refractivity contribution in [3.63, 3.8) is 0 Å². The highest BCUT2D eigenvalue weighted by Crippen LogP contribution is 2.22. The summed E-state index contributed by atoms with van der Waals surface area (Å²) in [6.07, 6.45) is 1.67. The third-order valence-corrected chi connectivity index (χ3v) is 2.87. The minimum atomic E-state index is -0.583. The molecule has 0 fully saturated rings. The molecule has 0 aliphatic rings. The number of benzene rings is 1. The Balaban J connectivity index is 2.17. The summed E-state index contributed by atoms with van der Waals surface area (Å²) in [7, 11) is 1.59. The number of rotatable bonds is 3. The van der Waals surface area contributed by atoms with Crippen LogP contribution in [-0.2, 0) is 0 Å². The number of carbonyl (C=O) groups is 1. The molecule has 1 amide bonds. The third-order valence-electron chi connectivity index (χ3n) is 2.87. The van der Waals surface area contributed by atoms with Crippen LogP contribution in [0.15, 0.2) is 36.5 Å². The molecule has 2 N–H and O–H groups in total. The van der Waals surface area contributed by atoms with E-state index in [0.717, 1.165) is 5.56 Å². The number of methoxy groups -OCH3 is 1. The molecule has 0 spiro atoms. The predicted octanol–water partition coefficient (Wildman–Crippen LogP) is 1.30. The van der Waals surface area contributed by atoms with Crippen molar-refractivity contribution in [3.8, 4) is 17.1 Å². The molecule has 3 rings (SSSR count). The fourth-order valence-electron chi connectivity index (χ4n) is 1.92. The lowest BCUT2D eigenvalue weighted by Crippen LogP contribution is -2.12. The highest BCUT2D eigenvalue weighted by molar-refractivity contribution is 5.98. The summed E-state index contributed by atoms with van der Waals surface area (Å²) in [5, 5.41) is 4.32. The van der Waals surface area contributed by atoms with Crippen molar-refractivity contribution >= 4 is 11.6 Å². The Morgan fingerprint density at radius 2 is 2.30 bits per heavy atom. The van der Waals surface area contributed by atoms with Crippen LogP contribution in [0.2, 0.25) is 0 Å². The second-order valence-electron chi connectivity index (χ2n) is 4.13. The molecule has 6 heteroatoms. The molecule has 0 aliphatic carbocycles. The van der Waals surface area contributed by atoms with Gasteiger partial charge in [0.2, 0.25) is 0 Å². The summed E-state index contributed by atoms with van der Waals surface area (Å²) >= 11 is 0. The van der Waals surface area contributed by atoms with E-state index in [1.165, 1.54) is 4.52 Å². The zero-order valence-electron chi connectivity index (χ0n) is 10.7. The number of carbonyl (C=O) groups excluding carboxylic acids is 1. The molecule has 0 unspecified atom stereocenters. The minimum absolute atomic E-state index is 0.217. The third kappa shape index (κ3) is 1.97. The Bertz CT molecular complexity index is 795. The summed E-state index contributed by atoms with van der Waals surface area (Å²) in [5.41, 5.74) is 6.70. The van der Waals surface area contributed by atoms with Gasteiger partial charge in [-0.15, -0.1) is 5.10 Å². The van der Waals surface area contributed by atoms with Crippen molar-refractivity contribution in [2.24, 2.45) is 5.73 Å². The quantitative estimate of drug-likeness (QED) is 0.775. The number of amides is 1. The number of hydrogen-bond donors (Lipinski definition) is 1. The van der Waals surface area contributed by atoms with E-state index in [1.54, 1.807) is 19.4 Å². The number of nitrogens with two attached hydrogens (primary N) is 1. The summed E-state index contributed by atoms with van der Waals surface area (Å²) in [6, 6.07) is 11.7. The van der Waals surface area contributed by atoms with Gasteiger partial charge in [-0.3, -0.25) is 4.79 Å². The van der Waals surface area contributed by atoms with Crippen LogP contribution in [0.3, 0.4) is 0 Å². The molecule has 2 heterocycles. The number of fused-ring (bicyclic) bond motifs is 1. The summed E-state index contributed by atoms with van der Waals surface area (Å²) in [6.45, 7) is 0. The molecule has 1 aromatic carbocycles. The van der Waals surface area contributed by atoms with Gasteiger partial charge in [0.25, 0.3) is 5.91 Å². The van der Waals surface area contributed by atoms with Crippen molar-refractivity contribution in [2.75, 3.05) is 7.11 Å². The normalized spacial score (nSPS) is 10.7. The van der Waals surface area contributed by atoms with Gasteiger partial charge in [-0.2, -0.15) is 0 Å². The van der Waals surface area contributed by atoms with Gasteiger partial charge in [-0.25, -0.2) is 9.50 Å². The second kappa shape index (κ2) is 4.65. The zero-order chi connectivity index (χ0) is 14.1. The lowest BCUT2D eigenvalue weighted by molar-refractivity contribution is 0.100. The minimum Gasteiger partial charge on any atom is -0.497 e. The molecule has 0 saturated heterocycles. The maximum atomic E-state index is 11.4. The lowest BCUT2D eigenvalue weighted by atomic mass is 10.2. The average molecular weight is 267 g/mol. The summed E-state index contributed by atoms with van der Waals surface area (Å²) in [5.74, 6) is 0.620. The van der Waals surface area contributed by atoms with Crippen LogP contribution < -0.4 is 10.5 Å². The van der Waals surface area contributed by atoms with Gasteiger partial charge in [0.15, 0.2) is 11.5 Å². The largest absolute Gasteiger partial charge is 0.497 e. The van der Waals surface area contributed by atoms with Crippen LogP contribution >= 0.6 is 0 Å². The first kappa shape index (κ1) is 12.2. The molecular weight excluding hydrogens is 256 g/mol. The summed E-state index contributed by atoms with van der Waals surface area (Å²) in [4.78, 5) is 15.7. The van der Waals surface area contributed by atoms with Gasteiger partial charge in [0.05, 0.1) is 12.7 Å². The van der Waals surface area contributed by atoms with Gasteiger partial charge in [0, 0.05) is 17.8 Å². The smallest absolute Gasteiger partial charge is 0.253 e. The first-order valence-corrected chi connectivity index (χ1v) is 5.90. The van der Waals surface area contributed by atoms with Crippen LogP contribution in [0.4, 0.5) is 0 Å². The Hall–Kier alpha value is -2.89. The fourth-order valence-corrected chi connectivity index (χ4v) is 1.92. The van der Waals surface area contributed by atoms with Crippen molar-refractivity contribution < 1.29 is 9.53 Å². The lowest BCUT2D eigenvalue weighted by Gasteiger charge is -2.00. The van der Waals surface area contributed by atoms with Gasteiger partial charge < -0.3 is 10.5 Å². The standard InChI is InChI=1S/C14H11N4O2/c1-20-10-5-2-4-9(8-10)13-16-14-11(12(15)19)6-3-7-18(14)17-13/h2-5,7-8H,1H3,(H2,15,19). The van der Waals surface area contributed by atoms with Crippen molar-refractivity contribution in [2.45, 2.75) is 0 Å². The molecule has 6 nitrogen and oxygen atoms in total. The monoisotopic (exact) mass is 267 g/mol. The molecule has 0 aliphatic heterocycles. The Labute approximate surface area is 114 Å². The number of ether oxygens (including phenoxy) is 1. The highest BCUT2D eigenvalue weighted by atomic mass is 16.5. The van der Waals surface area contributed by atoms with Gasteiger partial charge in [-0.1, -0.05) is 12.1 Å². The number of pyridine rings is 1. The molecule has 99 valence electrons. The maximum Gasteiger partial charge on any atom is 0.253 e. The van der Waals surface area contributed by atoms with Crippen molar-refractivity contribution in [3.05, 3.63) is 48.2 Å². The molecule has 3 aromatic rings.